The number of H-pyrrole nitrogens is 1. The van der Waals surface area contributed by atoms with Gasteiger partial charge >= 0.3 is 17.9 Å². The predicted molar refractivity (Wildman–Crippen MR) is 348 cm³/mol. The number of nitrogens with two attached hydrogens (primary N) is 1. The maximum absolute atomic E-state index is 16.0. The molecule has 97 heavy (non-hydrogen) atoms. The normalized spacial score (nSPS) is 24.0. The van der Waals surface area contributed by atoms with Gasteiger partial charge in [0.05, 0.1) is 59.7 Å². The number of hydrogen-bond donors (Lipinski definition) is 8. The summed E-state index contributed by atoms with van der Waals surface area (Å²) in [6.07, 6.45) is -5.53. The van der Waals surface area contributed by atoms with Crippen molar-refractivity contribution < 1.29 is 77.4 Å². The lowest BCUT2D eigenvalue weighted by Crippen LogP contribution is -2.73. The minimum atomic E-state index is -1.99. The highest BCUT2D eigenvalue weighted by atomic mass is 16.6. The number of esters is 3. The molecule has 0 radical (unpaired) electrons. The number of rotatable bonds is 23. The van der Waals surface area contributed by atoms with Crippen LogP contribution in [0.25, 0.3) is 11.2 Å². The SMILES string of the molecule is CC(=O)O[C@H]1C(=O)[C@]2(C)[C@@H](OC(=O)c3cc(C)c(C(=O)NCCCC(=O)CC[C@@H](C)NC(=O)c4ccc(NCc5cnc6nc(N)[nH]c(=O)c6n5)cc4)cc3C(=O)[O-])C[C@H]3OC[C@@]3(C)[C@H]2C[C@]2(O)C[C@H](OC(=O)[C@H](O)[C@@H](NC(=O)c3ccccc3)c3ccccc3)C(C)=C1C2(C)C. The number of ether oxygens (including phenoxy) is 4. The number of aromatic nitrogens is 4. The summed E-state index contributed by atoms with van der Waals surface area (Å²) in [4.78, 5) is 152. The van der Waals surface area contributed by atoms with Crippen molar-refractivity contribution in [3.63, 3.8) is 0 Å². The van der Waals surface area contributed by atoms with Crippen LogP contribution in [0.2, 0.25) is 0 Å². The molecule has 26 heteroatoms. The zero-order valence-electron chi connectivity index (χ0n) is 54.9. The van der Waals surface area contributed by atoms with Gasteiger partial charge < -0.3 is 66.1 Å². The second kappa shape index (κ2) is 28.0. The minimum Gasteiger partial charge on any atom is -0.545 e. The number of hydrogen-bond acceptors (Lipinski definition) is 22. The molecule has 4 aromatic carbocycles. The number of carbonyl (C=O) groups is 9. The molecule has 2 saturated carbocycles. The van der Waals surface area contributed by atoms with Gasteiger partial charge in [-0.3, -0.25) is 38.5 Å². The number of Topliss-reactive ketones (excluding diaryl/α,β-unsaturated/α-hetero) is 2. The van der Waals surface area contributed by atoms with Gasteiger partial charge in [0.1, 0.15) is 18.0 Å². The molecule has 2 aromatic heterocycles. The average Bonchev–Trinajstić information content (AvgIpc) is 0.684. The van der Waals surface area contributed by atoms with E-state index in [4.69, 9.17) is 24.7 Å². The molecule has 0 spiro atoms. The number of aromatic carboxylic acids is 1. The van der Waals surface area contributed by atoms with Crippen molar-refractivity contribution in [3.8, 4) is 0 Å². The number of benzene rings is 4. The number of fused-ring (bicyclic) bond motifs is 6. The molecular weight excluding hydrogens is 1250 g/mol. The summed E-state index contributed by atoms with van der Waals surface area (Å²) >= 11 is 0. The molecule has 9 N–H and O–H groups in total. The first-order chi connectivity index (χ1) is 45.9. The zero-order chi connectivity index (χ0) is 70.1. The van der Waals surface area contributed by atoms with Crippen molar-refractivity contribution in [3.05, 3.63) is 169 Å². The van der Waals surface area contributed by atoms with Gasteiger partial charge in [-0.05, 0) is 124 Å². The third kappa shape index (κ3) is 14.1. The highest BCUT2D eigenvalue weighted by Gasteiger charge is 2.72. The number of carboxylic acid groups (broad SMARTS) is 1. The number of aliphatic hydroxyl groups excluding tert-OH is 1. The van der Waals surface area contributed by atoms with Crippen LogP contribution in [0.3, 0.4) is 0 Å². The fourth-order valence-electron chi connectivity index (χ4n) is 14.2. The van der Waals surface area contributed by atoms with Gasteiger partial charge in [-0.2, -0.15) is 4.98 Å². The molecule has 0 unspecified atom stereocenters. The Morgan fingerprint density at radius 3 is 2.14 bits per heavy atom. The second-order valence-electron chi connectivity index (χ2n) is 26.6. The molecule has 4 aliphatic rings. The molecule has 3 aliphatic carbocycles. The molecule has 3 amide bonds. The number of aryl methyl sites for hydroxylation is 1. The molecule has 510 valence electrons. The second-order valence-corrected chi connectivity index (χ2v) is 26.6. The lowest BCUT2D eigenvalue weighted by atomic mass is 9.43. The first-order valence-corrected chi connectivity index (χ1v) is 32.0. The molecule has 10 rings (SSSR count). The topological polar surface area (TPSA) is 400 Å². The van der Waals surface area contributed by atoms with Crippen LogP contribution in [0.15, 0.2) is 119 Å². The van der Waals surface area contributed by atoms with Gasteiger partial charge in [-0.15, -0.1) is 0 Å². The molecule has 11 atom stereocenters. The van der Waals surface area contributed by atoms with Gasteiger partial charge in [0, 0.05) is 84.0 Å². The van der Waals surface area contributed by atoms with Crippen LogP contribution in [0.1, 0.15) is 168 Å². The van der Waals surface area contributed by atoms with Gasteiger partial charge in [-0.25, -0.2) is 19.6 Å². The summed E-state index contributed by atoms with van der Waals surface area (Å²) in [6.45, 7) is 13.1. The fourth-order valence-corrected chi connectivity index (χ4v) is 14.2. The minimum absolute atomic E-state index is 0.0172. The van der Waals surface area contributed by atoms with Crippen LogP contribution in [0.4, 0.5) is 11.6 Å². The lowest BCUT2D eigenvalue weighted by molar-refractivity contribution is -0.287. The molecule has 1 saturated heterocycles. The van der Waals surface area contributed by atoms with Crippen LogP contribution in [0, 0.1) is 29.1 Å². The van der Waals surface area contributed by atoms with E-state index in [1.54, 1.807) is 120 Å². The van der Waals surface area contributed by atoms with Gasteiger partial charge in [0.15, 0.2) is 29.2 Å². The molecule has 3 heterocycles. The number of aromatic amines is 1. The summed E-state index contributed by atoms with van der Waals surface area (Å²) < 4.78 is 24.6. The highest BCUT2D eigenvalue weighted by Crippen LogP contribution is 2.66. The molecule has 2 bridgehead atoms. The van der Waals surface area contributed by atoms with Crippen LogP contribution in [0.5, 0.6) is 0 Å². The third-order valence-electron chi connectivity index (χ3n) is 19.9. The quantitative estimate of drug-likeness (QED) is 0.0180. The Bertz CT molecular complexity index is 4200. The number of nitrogens with one attached hydrogen (secondary N) is 5. The van der Waals surface area contributed by atoms with E-state index >= 15 is 4.79 Å². The van der Waals surface area contributed by atoms with E-state index in [1.807, 2.05) is 6.92 Å². The summed E-state index contributed by atoms with van der Waals surface area (Å²) in [5.74, 6) is -8.56. The maximum atomic E-state index is 16.0. The summed E-state index contributed by atoms with van der Waals surface area (Å²) in [5, 5.41) is 49.7. The van der Waals surface area contributed by atoms with E-state index in [-0.39, 0.29) is 121 Å². The van der Waals surface area contributed by atoms with Gasteiger partial charge in [0.2, 0.25) is 5.95 Å². The number of aliphatic hydroxyl groups is 2. The van der Waals surface area contributed by atoms with E-state index in [2.05, 4.69) is 41.2 Å². The summed E-state index contributed by atoms with van der Waals surface area (Å²) in [6, 6.07) is 23.6. The standard InChI is InChI=1S/C71H79N9O17/c1-36-28-48(47(64(89)90)29-46(36)62(87)73-27-15-20-45(82)26-21-37(2)76-60(85)42-22-24-43(25-23-42)74-33-44-34-75-59-55(77-44)63(88)80-67(72)79-59)65(91)97-52-30-51-69(7,35-94-51)50-32-71(93)31-49(38(3)53(68(71,5)6)57(95-39(4)81)58(84)70(50,52)8)96-66(92)56(83)54(40-16-11-9-12-17-40)78-61(86)41-18-13-10-14-19-41/h9-14,16-19,22-25,28-29,34,37,49-52,54,56-57,74,83,93H,15,20-21,26-27,30-33,35H2,1-8H3,(H,73,87)(H,76,85)(H,78,86)(H,89,90)(H3,72,75,79,80,88)/p-1/t37-,49+,50-,51-,52+,54+,56-,57-,69+,70+,71-/m1/s1. The van der Waals surface area contributed by atoms with Crippen molar-refractivity contribution in [2.45, 2.75) is 155 Å². The number of nitrogens with zero attached hydrogens (tertiary/aromatic N) is 3. The largest absolute Gasteiger partial charge is 0.545 e. The van der Waals surface area contributed by atoms with Crippen molar-refractivity contribution in [1.29, 1.82) is 0 Å². The Kier molecular flexibility index (Phi) is 20.1. The van der Waals surface area contributed by atoms with Crippen LogP contribution >= 0.6 is 0 Å². The Morgan fingerprint density at radius 2 is 1.48 bits per heavy atom. The van der Waals surface area contributed by atoms with E-state index in [9.17, 15) is 58.5 Å². The van der Waals surface area contributed by atoms with Crippen molar-refractivity contribution in [2.24, 2.45) is 22.2 Å². The Labute approximate surface area is 557 Å². The molecule has 6 aromatic rings. The summed E-state index contributed by atoms with van der Waals surface area (Å²) in [5.41, 5.74) is 0.608. The van der Waals surface area contributed by atoms with Crippen molar-refractivity contribution >= 4 is 76.0 Å². The number of ketones is 2. The first kappa shape index (κ1) is 69.8. The predicted octanol–water partition coefficient (Wildman–Crippen LogP) is 5.04. The Hall–Kier alpha value is -10.1. The number of nitrogen functional groups attached to an aromatic ring is 1. The smallest absolute Gasteiger partial charge is 0.339 e. The fraction of sp³-hybridized carbons (Fsp3) is 0.423. The van der Waals surface area contributed by atoms with Crippen LogP contribution in [-0.2, 0) is 44.7 Å². The number of anilines is 2. The van der Waals surface area contributed by atoms with Crippen LogP contribution in [-0.4, -0.2) is 139 Å². The van der Waals surface area contributed by atoms with E-state index in [0.29, 0.717) is 28.9 Å². The van der Waals surface area contributed by atoms with E-state index in [0.717, 1.165) is 13.0 Å². The van der Waals surface area contributed by atoms with Gasteiger partial charge in [0.25, 0.3) is 23.3 Å². The van der Waals surface area contributed by atoms with Crippen molar-refractivity contribution in [1.82, 2.24) is 35.9 Å². The van der Waals surface area contributed by atoms with Crippen molar-refractivity contribution in [2.75, 3.05) is 24.2 Å². The van der Waals surface area contributed by atoms with E-state index < -0.39 is 122 Å². The monoisotopic (exact) mass is 1330 g/mol. The first-order valence-electron chi connectivity index (χ1n) is 32.0. The highest BCUT2D eigenvalue weighted by molar-refractivity contribution is 6.06. The van der Waals surface area contributed by atoms with Crippen LogP contribution < -0.4 is 37.7 Å². The third-order valence-corrected chi connectivity index (χ3v) is 19.9. The molecule has 1 aliphatic heterocycles. The molecular formula is C71H78N9O17-. The number of carbonyl (C=O) groups excluding carboxylic acids is 9. The molecule has 3 fully saturated rings. The Morgan fingerprint density at radius 1 is 0.814 bits per heavy atom. The molecule has 26 nitrogen and oxygen atoms in total. The lowest BCUT2D eigenvalue weighted by Gasteiger charge is -2.66. The Balaban J connectivity index is 0.783. The number of carboxylic acids is 1. The number of amides is 3. The maximum Gasteiger partial charge on any atom is 0.339 e. The van der Waals surface area contributed by atoms with E-state index in [1.165, 1.54) is 19.2 Å². The van der Waals surface area contributed by atoms with Gasteiger partial charge in [-0.1, -0.05) is 69.3 Å². The zero-order valence-corrected chi connectivity index (χ0v) is 54.9. The average molecular weight is 1330 g/mol. The summed E-state index contributed by atoms with van der Waals surface area (Å²) in [7, 11) is 0.